The van der Waals surface area contributed by atoms with Gasteiger partial charge in [-0.1, -0.05) is 37.0 Å². The van der Waals surface area contributed by atoms with E-state index in [1.165, 1.54) is 0 Å². The van der Waals surface area contributed by atoms with Crippen LogP contribution in [0.5, 0.6) is 11.5 Å². The third-order valence-electron chi connectivity index (χ3n) is 8.56. The number of anilines is 1. The summed E-state index contributed by atoms with van der Waals surface area (Å²) in [6, 6.07) is 12.6. The first kappa shape index (κ1) is 33.3. The first-order valence-corrected chi connectivity index (χ1v) is 15.7. The van der Waals surface area contributed by atoms with E-state index in [2.05, 4.69) is 21.8 Å². The molecular formula is C35H46N3O6-. The molecule has 44 heavy (non-hydrogen) atoms. The Kier molecular flexibility index (Phi) is 12.9. The molecule has 2 aromatic heterocycles. The van der Waals surface area contributed by atoms with Crippen LogP contribution in [-0.2, 0) is 12.8 Å². The summed E-state index contributed by atoms with van der Waals surface area (Å²) in [5, 5.41) is 52.1. The van der Waals surface area contributed by atoms with Gasteiger partial charge in [0.15, 0.2) is 11.5 Å². The van der Waals surface area contributed by atoms with Crippen molar-refractivity contribution in [2.24, 2.45) is 11.8 Å². The summed E-state index contributed by atoms with van der Waals surface area (Å²) >= 11 is 0. The number of aromatic nitrogens is 2. The van der Waals surface area contributed by atoms with Crippen molar-refractivity contribution in [3.63, 3.8) is 0 Å². The van der Waals surface area contributed by atoms with Crippen LogP contribution in [0.25, 0.3) is 0 Å². The second-order valence-electron chi connectivity index (χ2n) is 11.9. The number of aryl methyl sites for hydroxylation is 1. The SMILES string of the molecule is Nc1cc([C@@H](Cc2ccc[n-]2)C[C@H](CO)Oc2cc(CC[C@@H](O)[C@H]3CC#C[C@H](CCO)CCCC[C@@H]3O)ccc2O)ccn1. The number of hydrogen-bond acceptors (Lipinski definition) is 8. The lowest BCUT2D eigenvalue weighted by molar-refractivity contribution is 0.00555. The predicted octanol–water partition coefficient (Wildman–Crippen LogP) is 3.72. The largest absolute Gasteiger partial charge is 0.668 e. The predicted molar refractivity (Wildman–Crippen MR) is 169 cm³/mol. The number of phenols is 1. The Bertz CT molecular complexity index is 1340. The Morgan fingerprint density at radius 3 is 2.70 bits per heavy atom. The fourth-order valence-electron chi connectivity index (χ4n) is 6.01. The molecule has 2 heterocycles. The summed E-state index contributed by atoms with van der Waals surface area (Å²) in [5.74, 6) is 6.76. The van der Waals surface area contributed by atoms with Gasteiger partial charge in [-0.25, -0.2) is 4.98 Å². The molecule has 9 heteroatoms. The molecule has 0 bridgehead atoms. The summed E-state index contributed by atoms with van der Waals surface area (Å²) in [6.45, 7) is -0.147. The van der Waals surface area contributed by atoms with Gasteiger partial charge in [-0.15, -0.1) is 5.92 Å². The van der Waals surface area contributed by atoms with Crippen molar-refractivity contribution < 1.29 is 30.3 Å². The molecule has 1 aromatic carbocycles. The Hall–Kier alpha value is -3.55. The van der Waals surface area contributed by atoms with Crippen molar-refractivity contribution in [3.8, 4) is 23.3 Å². The zero-order valence-electron chi connectivity index (χ0n) is 25.3. The first-order chi connectivity index (χ1) is 21.4. The lowest BCUT2D eigenvalue weighted by atomic mass is 9.85. The van der Waals surface area contributed by atoms with Gasteiger partial charge in [0.25, 0.3) is 0 Å². The topological polar surface area (TPSA) is 163 Å². The minimum absolute atomic E-state index is 0.0365. The van der Waals surface area contributed by atoms with Gasteiger partial charge in [-0.05, 0) is 86.3 Å². The maximum absolute atomic E-state index is 11.1. The number of aliphatic hydroxyl groups excluding tert-OH is 4. The van der Waals surface area contributed by atoms with Gasteiger partial charge in [-0.2, -0.15) is 11.9 Å². The highest BCUT2D eigenvalue weighted by atomic mass is 16.5. The summed E-state index contributed by atoms with van der Waals surface area (Å²) in [5.41, 5.74) is 8.70. The lowest BCUT2D eigenvalue weighted by Gasteiger charge is -2.27. The molecule has 0 fully saturated rings. The smallest absolute Gasteiger partial charge is 0.161 e. The molecule has 0 saturated heterocycles. The van der Waals surface area contributed by atoms with E-state index in [9.17, 15) is 25.5 Å². The fraction of sp³-hybridized carbons (Fsp3) is 0.514. The summed E-state index contributed by atoms with van der Waals surface area (Å²) < 4.78 is 6.16. The van der Waals surface area contributed by atoms with Crippen molar-refractivity contribution in [2.45, 2.75) is 88.4 Å². The minimum atomic E-state index is -0.753. The van der Waals surface area contributed by atoms with Crippen LogP contribution >= 0.6 is 0 Å². The molecular weight excluding hydrogens is 558 g/mol. The number of nitrogens with two attached hydrogens (primary N) is 1. The molecule has 0 spiro atoms. The third-order valence-corrected chi connectivity index (χ3v) is 8.56. The molecule has 9 nitrogen and oxygen atoms in total. The fourth-order valence-corrected chi connectivity index (χ4v) is 6.01. The number of nitrogen functional groups attached to an aromatic ring is 1. The monoisotopic (exact) mass is 604 g/mol. The normalized spacial score (nSPS) is 21.0. The number of hydrogen-bond donors (Lipinski definition) is 6. The van der Waals surface area contributed by atoms with E-state index in [-0.39, 0.29) is 42.5 Å². The minimum Gasteiger partial charge on any atom is -0.668 e. The molecule has 1 aliphatic carbocycles. The molecule has 0 unspecified atom stereocenters. The molecule has 0 saturated carbocycles. The van der Waals surface area contributed by atoms with E-state index < -0.39 is 18.3 Å². The molecule has 0 radical (unpaired) electrons. The number of rotatable bonds is 14. The van der Waals surface area contributed by atoms with Crippen LogP contribution < -0.4 is 15.5 Å². The second-order valence-corrected chi connectivity index (χ2v) is 11.9. The van der Waals surface area contributed by atoms with Gasteiger partial charge in [0, 0.05) is 31.1 Å². The quantitative estimate of drug-likeness (QED) is 0.151. The molecule has 0 amide bonds. The zero-order chi connectivity index (χ0) is 31.3. The van der Waals surface area contributed by atoms with Gasteiger partial charge < -0.3 is 41.0 Å². The van der Waals surface area contributed by atoms with Crippen LogP contribution in [0.3, 0.4) is 0 Å². The van der Waals surface area contributed by atoms with E-state index >= 15 is 0 Å². The van der Waals surface area contributed by atoms with E-state index in [1.54, 1.807) is 30.6 Å². The van der Waals surface area contributed by atoms with E-state index in [0.717, 1.165) is 36.1 Å². The summed E-state index contributed by atoms with van der Waals surface area (Å²) in [6.07, 6.45) is 7.78. The van der Waals surface area contributed by atoms with Crippen molar-refractivity contribution in [1.82, 2.24) is 9.97 Å². The van der Waals surface area contributed by atoms with Crippen LogP contribution in [0.1, 0.15) is 74.1 Å². The highest BCUT2D eigenvalue weighted by Gasteiger charge is 2.27. The molecule has 3 aromatic rings. The maximum Gasteiger partial charge on any atom is 0.161 e. The lowest BCUT2D eigenvalue weighted by Crippen LogP contribution is -2.32. The van der Waals surface area contributed by atoms with Gasteiger partial charge in [-0.3, -0.25) is 0 Å². The molecule has 6 atom stereocenters. The average Bonchev–Trinajstić information content (AvgIpc) is 3.53. The van der Waals surface area contributed by atoms with Crippen LogP contribution in [-0.4, -0.2) is 62.0 Å². The Balaban J connectivity index is 1.41. The molecule has 1 aliphatic rings. The Morgan fingerprint density at radius 2 is 1.95 bits per heavy atom. The number of pyridine rings is 1. The highest BCUT2D eigenvalue weighted by Crippen LogP contribution is 2.33. The van der Waals surface area contributed by atoms with Gasteiger partial charge in [0.05, 0.1) is 18.8 Å². The average molecular weight is 605 g/mol. The van der Waals surface area contributed by atoms with Crippen LogP contribution in [0.4, 0.5) is 5.82 Å². The molecule has 0 aliphatic heterocycles. The Labute approximate surface area is 260 Å². The second kappa shape index (κ2) is 17.1. The standard InChI is InChI=1S/C35H46N3O6/c36-35-22-26(14-17-38-35)27(20-28-7-4-16-37-28)21-29(23-40)44-34-19-25(11-13-33(34)43)10-12-32(42)30-8-3-6-24(15-18-39)5-1-2-9-31(30)41/h4,7,11,13-14,16-17,19,22,24,27,29-32,39-43H,1-2,5,8-10,12,15,18,20-21,23H2,(H2,36,38)/q-1/t24-,27+,29-,30+,31+,32-/m1/s1. The van der Waals surface area contributed by atoms with Crippen LogP contribution in [0, 0.1) is 23.7 Å². The van der Waals surface area contributed by atoms with Crippen molar-refractivity contribution >= 4 is 5.82 Å². The van der Waals surface area contributed by atoms with E-state index in [0.29, 0.717) is 50.8 Å². The van der Waals surface area contributed by atoms with E-state index in [4.69, 9.17) is 10.5 Å². The van der Waals surface area contributed by atoms with Gasteiger partial charge in [0.1, 0.15) is 11.9 Å². The molecule has 4 rings (SSSR count). The van der Waals surface area contributed by atoms with E-state index in [1.807, 2.05) is 24.3 Å². The van der Waals surface area contributed by atoms with Crippen LogP contribution in [0.15, 0.2) is 54.9 Å². The van der Waals surface area contributed by atoms with Crippen molar-refractivity contribution in [2.75, 3.05) is 18.9 Å². The van der Waals surface area contributed by atoms with Crippen LogP contribution in [0.2, 0.25) is 0 Å². The third kappa shape index (κ3) is 10.00. The summed E-state index contributed by atoms with van der Waals surface area (Å²) in [4.78, 5) is 8.51. The number of aliphatic hydroxyl groups is 4. The first-order valence-electron chi connectivity index (χ1n) is 15.7. The molecule has 238 valence electrons. The molecule has 7 N–H and O–H groups in total. The number of phenolic OH excluding ortho intramolecular Hbond substituents is 1. The van der Waals surface area contributed by atoms with Gasteiger partial charge in [0.2, 0.25) is 0 Å². The van der Waals surface area contributed by atoms with Crippen molar-refractivity contribution in [3.05, 3.63) is 71.7 Å². The number of aromatic hydroxyl groups is 1. The summed E-state index contributed by atoms with van der Waals surface area (Å²) in [7, 11) is 0. The zero-order valence-corrected chi connectivity index (χ0v) is 25.3. The Morgan fingerprint density at radius 1 is 1.11 bits per heavy atom. The number of nitrogens with zero attached hydrogens (tertiary/aromatic N) is 2. The van der Waals surface area contributed by atoms with Gasteiger partial charge >= 0.3 is 0 Å². The number of benzene rings is 1. The van der Waals surface area contributed by atoms with Crippen molar-refractivity contribution in [1.29, 1.82) is 0 Å². The maximum atomic E-state index is 11.1. The number of ether oxygens (including phenoxy) is 1. The highest BCUT2D eigenvalue weighted by molar-refractivity contribution is 5.42.